The lowest BCUT2D eigenvalue weighted by Gasteiger charge is -2.57. The molecule has 2 atom stereocenters. The molecule has 4 aliphatic carbocycles. The highest BCUT2D eigenvalue weighted by Gasteiger charge is 2.51. The summed E-state index contributed by atoms with van der Waals surface area (Å²) in [5, 5.41) is 6.13. The third-order valence-corrected chi connectivity index (χ3v) is 10.2. The van der Waals surface area contributed by atoms with Gasteiger partial charge in [-0.15, -0.1) is 0 Å². The van der Waals surface area contributed by atoms with Crippen LogP contribution >= 0.6 is 0 Å². The molecule has 5 fully saturated rings. The summed E-state index contributed by atoms with van der Waals surface area (Å²) in [6.07, 6.45) is 14.4. The van der Waals surface area contributed by atoms with Gasteiger partial charge in [0.15, 0.2) is 0 Å². The van der Waals surface area contributed by atoms with Gasteiger partial charge in [-0.1, -0.05) is 39.3 Å². The number of rotatable bonds is 10. The molecule has 0 unspecified atom stereocenters. The van der Waals surface area contributed by atoms with E-state index in [4.69, 9.17) is 0 Å². The largest absolute Gasteiger partial charge is 0.354 e. The summed E-state index contributed by atoms with van der Waals surface area (Å²) in [6, 6.07) is 8.56. The Morgan fingerprint density at radius 2 is 1.65 bits per heavy atom. The number of benzene rings is 1. The van der Waals surface area contributed by atoms with E-state index in [0.717, 1.165) is 30.7 Å². The van der Waals surface area contributed by atoms with Crippen molar-refractivity contribution in [3.8, 4) is 0 Å². The standard InChI is InChI=1S/C32H49N3O2/c1-4-28-8-5-6-14-35(28)15-7-13-33-31(37)29(22(2)3)34-30(36)26-9-11-27(12-10-26)32-19-23-16-24(20-32)18-25(17-23)21-32/h9-12,22-25,28-29H,4-8,13-21H2,1-3H3,(H,33,37)(H,34,36)/t23?,24?,25?,28-,29-,32?/m1/s1. The monoisotopic (exact) mass is 507 g/mol. The van der Waals surface area contributed by atoms with E-state index >= 15 is 0 Å². The third-order valence-electron chi connectivity index (χ3n) is 10.2. The molecule has 5 aliphatic rings. The Kier molecular flexibility index (Phi) is 8.28. The minimum absolute atomic E-state index is 0.0295. The Morgan fingerprint density at radius 3 is 2.24 bits per heavy atom. The molecule has 1 saturated heterocycles. The summed E-state index contributed by atoms with van der Waals surface area (Å²) in [6.45, 7) is 9.15. The highest BCUT2D eigenvalue weighted by molar-refractivity contribution is 5.97. The zero-order chi connectivity index (χ0) is 26.0. The van der Waals surface area contributed by atoms with Crippen LogP contribution in [-0.2, 0) is 10.2 Å². The van der Waals surface area contributed by atoms with Crippen LogP contribution in [0.5, 0.6) is 0 Å². The van der Waals surface area contributed by atoms with Crippen molar-refractivity contribution in [2.75, 3.05) is 19.6 Å². The first-order valence-corrected chi connectivity index (χ1v) is 15.3. The van der Waals surface area contributed by atoms with Crippen molar-refractivity contribution in [2.24, 2.45) is 23.7 Å². The van der Waals surface area contributed by atoms with Gasteiger partial charge in [-0.25, -0.2) is 0 Å². The highest BCUT2D eigenvalue weighted by Crippen LogP contribution is 2.60. The maximum atomic E-state index is 13.1. The summed E-state index contributed by atoms with van der Waals surface area (Å²) in [4.78, 5) is 28.7. The molecule has 1 aliphatic heterocycles. The lowest BCUT2D eigenvalue weighted by molar-refractivity contribution is -0.123. The number of carbonyl (C=O) groups excluding carboxylic acids is 2. The van der Waals surface area contributed by atoms with Crippen molar-refractivity contribution in [1.29, 1.82) is 0 Å². The van der Waals surface area contributed by atoms with Gasteiger partial charge in [-0.2, -0.15) is 0 Å². The highest BCUT2D eigenvalue weighted by atomic mass is 16.2. The maximum absolute atomic E-state index is 13.1. The van der Waals surface area contributed by atoms with Crippen LogP contribution in [0.15, 0.2) is 24.3 Å². The molecule has 0 spiro atoms. The third kappa shape index (κ3) is 5.92. The Hall–Kier alpha value is -1.88. The van der Waals surface area contributed by atoms with Crippen LogP contribution in [0.25, 0.3) is 0 Å². The van der Waals surface area contributed by atoms with Crippen LogP contribution in [-0.4, -0.2) is 48.4 Å². The van der Waals surface area contributed by atoms with E-state index in [-0.39, 0.29) is 17.7 Å². The quantitative estimate of drug-likeness (QED) is 0.401. The number of hydrogen-bond acceptors (Lipinski definition) is 3. The number of hydrogen-bond donors (Lipinski definition) is 2. The van der Waals surface area contributed by atoms with E-state index < -0.39 is 6.04 Å². The molecular formula is C32H49N3O2. The fourth-order valence-electron chi connectivity index (χ4n) is 8.62. The van der Waals surface area contributed by atoms with E-state index in [9.17, 15) is 9.59 Å². The topological polar surface area (TPSA) is 61.4 Å². The Bertz CT molecular complexity index is 905. The molecule has 1 heterocycles. The average molecular weight is 508 g/mol. The summed E-state index contributed by atoms with van der Waals surface area (Å²) in [5.41, 5.74) is 2.43. The molecular weight excluding hydrogens is 458 g/mol. The SMILES string of the molecule is CC[C@@H]1CCCCN1CCCNC(=O)[C@H](NC(=O)c1ccc(C23CC4CC(CC(C4)C2)C3)cc1)C(C)C. The second-order valence-corrected chi connectivity index (χ2v) is 13.2. The minimum Gasteiger partial charge on any atom is -0.354 e. The van der Waals surface area contributed by atoms with Crippen molar-refractivity contribution < 1.29 is 9.59 Å². The van der Waals surface area contributed by atoms with Crippen molar-refractivity contribution in [3.05, 3.63) is 35.4 Å². The average Bonchev–Trinajstić information content (AvgIpc) is 2.89. The van der Waals surface area contributed by atoms with E-state index in [1.165, 1.54) is 76.3 Å². The Labute approximate surface area is 224 Å². The zero-order valence-corrected chi connectivity index (χ0v) is 23.4. The first-order valence-electron chi connectivity index (χ1n) is 15.3. The number of nitrogens with zero attached hydrogens (tertiary/aromatic N) is 1. The summed E-state index contributed by atoms with van der Waals surface area (Å²) >= 11 is 0. The van der Waals surface area contributed by atoms with Crippen molar-refractivity contribution in [2.45, 2.75) is 109 Å². The predicted molar refractivity (Wildman–Crippen MR) is 150 cm³/mol. The van der Waals surface area contributed by atoms with Crippen LogP contribution in [0.2, 0.25) is 0 Å². The molecule has 0 aromatic heterocycles. The normalized spacial score (nSPS) is 31.9. The van der Waals surface area contributed by atoms with Crippen molar-refractivity contribution >= 4 is 11.8 Å². The van der Waals surface area contributed by atoms with Crippen LogP contribution in [0.1, 0.15) is 107 Å². The molecule has 2 amide bonds. The summed E-state index contributed by atoms with van der Waals surface area (Å²) in [5.74, 6) is 2.54. The van der Waals surface area contributed by atoms with Gasteiger partial charge < -0.3 is 15.5 Å². The fraction of sp³-hybridized carbons (Fsp3) is 0.750. The van der Waals surface area contributed by atoms with Gasteiger partial charge in [0.2, 0.25) is 5.91 Å². The molecule has 0 radical (unpaired) electrons. The van der Waals surface area contributed by atoms with Crippen LogP contribution in [0.3, 0.4) is 0 Å². The lowest BCUT2D eigenvalue weighted by Crippen LogP contribution is -2.50. The van der Waals surface area contributed by atoms with Gasteiger partial charge >= 0.3 is 0 Å². The molecule has 4 bridgehead atoms. The molecule has 204 valence electrons. The van der Waals surface area contributed by atoms with Crippen molar-refractivity contribution in [3.63, 3.8) is 0 Å². The first kappa shape index (κ1) is 26.7. The number of piperidine rings is 1. The molecule has 37 heavy (non-hydrogen) atoms. The fourth-order valence-corrected chi connectivity index (χ4v) is 8.62. The molecule has 4 saturated carbocycles. The molecule has 1 aromatic rings. The molecule has 6 rings (SSSR count). The van der Waals surface area contributed by atoms with E-state index in [0.29, 0.717) is 23.6 Å². The van der Waals surface area contributed by atoms with Crippen LogP contribution in [0, 0.1) is 23.7 Å². The van der Waals surface area contributed by atoms with Gasteiger partial charge in [0, 0.05) is 24.7 Å². The van der Waals surface area contributed by atoms with E-state index in [1.807, 2.05) is 26.0 Å². The molecule has 5 nitrogen and oxygen atoms in total. The Morgan fingerprint density at radius 1 is 1.00 bits per heavy atom. The summed E-state index contributed by atoms with van der Waals surface area (Å²) < 4.78 is 0. The minimum atomic E-state index is -0.520. The molecule has 1 aromatic carbocycles. The van der Waals surface area contributed by atoms with Gasteiger partial charge in [0.1, 0.15) is 6.04 Å². The molecule has 5 heteroatoms. The zero-order valence-electron chi connectivity index (χ0n) is 23.4. The predicted octanol–water partition coefficient (Wildman–Crippen LogP) is 5.68. The maximum Gasteiger partial charge on any atom is 0.251 e. The van der Waals surface area contributed by atoms with E-state index in [2.05, 4.69) is 34.6 Å². The lowest BCUT2D eigenvalue weighted by atomic mass is 9.48. The van der Waals surface area contributed by atoms with Gasteiger partial charge in [0.05, 0.1) is 0 Å². The van der Waals surface area contributed by atoms with Gasteiger partial charge in [0.25, 0.3) is 5.91 Å². The van der Waals surface area contributed by atoms with Gasteiger partial charge in [-0.3, -0.25) is 9.59 Å². The smallest absolute Gasteiger partial charge is 0.251 e. The first-order chi connectivity index (χ1) is 17.9. The summed E-state index contributed by atoms with van der Waals surface area (Å²) in [7, 11) is 0. The van der Waals surface area contributed by atoms with E-state index in [1.54, 1.807) is 0 Å². The number of likely N-dealkylation sites (tertiary alicyclic amines) is 1. The Balaban J connectivity index is 1.13. The second kappa shape index (κ2) is 11.5. The molecule has 2 N–H and O–H groups in total. The number of amides is 2. The number of carbonyl (C=O) groups is 2. The van der Waals surface area contributed by atoms with Crippen LogP contribution < -0.4 is 10.6 Å². The number of nitrogens with one attached hydrogen (secondary N) is 2. The van der Waals surface area contributed by atoms with Gasteiger partial charge in [-0.05, 0) is 118 Å². The second-order valence-electron chi connectivity index (χ2n) is 13.2. The van der Waals surface area contributed by atoms with Crippen LogP contribution in [0.4, 0.5) is 0 Å². The van der Waals surface area contributed by atoms with Crippen molar-refractivity contribution in [1.82, 2.24) is 15.5 Å².